The molecule has 1 heterocycles. The molecule has 0 fully saturated rings. The zero-order valence-electron chi connectivity index (χ0n) is 12.5. The Balaban J connectivity index is 1.84. The number of aliphatic hydroxyl groups excluding tert-OH is 1. The van der Waals surface area contributed by atoms with E-state index in [-0.39, 0.29) is 12.3 Å². The lowest BCUT2D eigenvalue weighted by molar-refractivity contribution is 0.252. The number of thioether (sulfide) groups is 1. The fourth-order valence-electron chi connectivity index (χ4n) is 1.89. The molecular formula is C16H19FN2O3S. The second-order valence-electron chi connectivity index (χ2n) is 4.74. The first-order chi connectivity index (χ1) is 11.2. The number of nitrogens with one attached hydrogen (secondary N) is 2. The van der Waals surface area contributed by atoms with Crippen molar-refractivity contribution in [2.45, 2.75) is 6.42 Å². The van der Waals surface area contributed by atoms with Crippen molar-refractivity contribution < 1.29 is 18.7 Å². The Morgan fingerprint density at radius 1 is 1.30 bits per heavy atom. The van der Waals surface area contributed by atoms with Crippen LogP contribution in [0.4, 0.5) is 14.9 Å². The van der Waals surface area contributed by atoms with Gasteiger partial charge in [0.1, 0.15) is 11.6 Å². The quantitative estimate of drug-likeness (QED) is 0.646. The third-order valence-corrected chi connectivity index (χ3v) is 4.07. The van der Waals surface area contributed by atoms with Gasteiger partial charge in [-0.3, -0.25) is 0 Å². The lowest BCUT2D eigenvalue weighted by Crippen LogP contribution is -2.30. The van der Waals surface area contributed by atoms with E-state index in [4.69, 9.17) is 9.52 Å². The summed E-state index contributed by atoms with van der Waals surface area (Å²) in [6.07, 6.45) is 2.27. The van der Waals surface area contributed by atoms with Gasteiger partial charge in [-0.05, 0) is 42.5 Å². The fraction of sp³-hybridized carbons (Fsp3) is 0.312. The maximum Gasteiger partial charge on any atom is 0.319 e. The van der Waals surface area contributed by atoms with E-state index >= 15 is 0 Å². The molecule has 0 aliphatic carbocycles. The third kappa shape index (κ3) is 5.61. The Kier molecular flexibility index (Phi) is 6.96. The average molecular weight is 338 g/mol. The predicted molar refractivity (Wildman–Crippen MR) is 90.2 cm³/mol. The highest BCUT2D eigenvalue weighted by molar-refractivity contribution is 7.99. The van der Waals surface area contributed by atoms with Crippen molar-refractivity contribution in [2.75, 3.05) is 30.0 Å². The van der Waals surface area contributed by atoms with Gasteiger partial charge in [-0.25, -0.2) is 9.18 Å². The molecule has 2 rings (SSSR count). The fourth-order valence-corrected chi connectivity index (χ4v) is 2.67. The van der Waals surface area contributed by atoms with Crippen molar-refractivity contribution in [3.8, 4) is 11.3 Å². The van der Waals surface area contributed by atoms with Crippen LogP contribution in [0, 0.1) is 5.82 Å². The van der Waals surface area contributed by atoms with Crippen molar-refractivity contribution in [3.05, 3.63) is 42.4 Å². The third-order valence-electron chi connectivity index (χ3n) is 3.00. The van der Waals surface area contributed by atoms with E-state index in [1.54, 1.807) is 30.0 Å². The van der Waals surface area contributed by atoms with Crippen LogP contribution in [0.5, 0.6) is 0 Å². The monoisotopic (exact) mass is 338 g/mol. The molecule has 124 valence electrons. The van der Waals surface area contributed by atoms with Crippen LogP contribution >= 0.6 is 11.8 Å². The van der Waals surface area contributed by atoms with Gasteiger partial charge < -0.3 is 20.2 Å². The minimum Gasteiger partial charge on any atom is -0.464 e. The lowest BCUT2D eigenvalue weighted by atomic mass is 10.1. The van der Waals surface area contributed by atoms with Gasteiger partial charge in [0.05, 0.1) is 12.0 Å². The molecule has 7 heteroatoms. The van der Waals surface area contributed by atoms with Gasteiger partial charge in [0.2, 0.25) is 0 Å². The van der Waals surface area contributed by atoms with E-state index in [2.05, 4.69) is 10.6 Å². The van der Waals surface area contributed by atoms with Crippen LogP contribution in [0.1, 0.15) is 6.42 Å². The summed E-state index contributed by atoms with van der Waals surface area (Å²) < 4.78 is 19.1. The minimum atomic E-state index is -0.507. The molecule has 0 unspecified atom stereocenters. The molecule has 0 bridgehead atoms. The molecule has 0 radical (unpaired) electrons. The summed E-state index contributed by atoms with van der Waals surface area (Å²) in [6.45, 7) is 0.646. The van der Waals surface area contributed by atoms with Crippen LogP contribution in [0.2, 0.25) is 0 Å². The summed E-state index contributed by atoms with van der Waals surface area (Å²) in [4.78, 5) is 11.8. The standard InChI is InChI=1S/C16H19FN2O3S/c17-13-5-4-12(15-3-1-8-22-15)11-14(13)19-16(21)18-6-10-23-9-2-7-20/h1,3-5,8,11,20H,2,6-7,9-10H2,(H2,18,19,21). The van der Waals surface area contributed by atoms with Crippen LogP contribution in [0.15, 0.2) is 41.0 Å². The Morgan fingerprint density at radius 3 is 2.91 bits per heavy atom. The summed E-state index contributed by atoms with van der Waals surface area (Å²) in [5, 5.41) is 13.8. The largest absolute Gasteiger partial charge is 0.464 e. The number of hydrogen-bond acceptors (Lipinski definition) is 4. The van der Waals surface area contributed by atoms with Crippen molar-refractivity contribution in [1.29, 1.82) is 0 Å². The number of benzene rings is 1. The molecule has 2 amide bonds. The number of furan rings is 1. The molecule has 5 nitrogen and oxygen atoms in total. The SMILES string of the molecule is O=C(NCCSCCCO)Nc1cc(-c2ccco2)ccc1F. The molecular weight excluding hydrogens is 319 g/mol. The number of carbonyl (C=O) groups is 1. The van der Waals surface area contributed by atoms with Gasteiger partial charge in [0, 0.05) is 24.5 Å². The van der Waals surface area contributed by atoms with Crippen molar-refractivity contribution in [3.63, 3.8) is 0 Å². The van der Waals surface area contributed by atoms with Gasteiger partial charge in [0.25, 0.3) is 0 Å². The number of halogens is 1. The summed E-state index contributed by atoms with van der Waals surface area (Å²) in [6, 6.07) is 7.47. The summed E-state index contributed by atoms with van der Waals surface area (Å²) in [5.41, 5.74) is 0.788. The van der Waals surface area contributed by atoms with Crippen LogP contribution in [-0.4, -0.2) is 35.8 Å². The molecule has 1 aromatic carbocycles. The van der Waals surface area contributed by atoms with Crippen LogP contribution in [0.25, 0.3) is 11.3 Å². The number of anilines is 1. The highest BCUT2D eigenvalue weighted by atomic mass is 32.2. The maximum absolute atomic E-state index is 13.8. The second-order valence-corrected chi connectivity index (χ2v) is 5.97. The van der Waals surface area contributed by atoms with Crippen molar-refractivity contribution in [2.24, 2.45) is 0 Å². The molecule has 23 heavy (non-hydrogen) atoms. The van der Waals surface area contributed by atoms with E-state index in [0.717, 1.165) is 17.9 Å². The Labute approximate surface area is 138 Å². The number of hydrogen-bond donors (Lipinski definition) is 3. The van der Waals surface area contributed by atoms with Gasteiger partial charge in [-0.2, -0.15) is 11.8 Å². The lowest BCUT2D eigenvalue weighted by Gasteiger charge is -2.09. The van der Waals surface area contributed by atoms with Gasteiger partial charge in [-0.15, -0.1) is 0 Å². The van der Waals surface area contributed by atoms with E-state index in [1.807, 2.05) is 0 Å². The van der Waals surface area contributed by atoms with Gasteiger partial charge >= 0.3 is 6.03 Å². The molecule has 0 saturated heterocycles. The Bertz CT molecular complexity index is 620. The average Bonchev–Trinajstić information content (AvgIpc) is 3.07. The number of aliphatic hydroxyl groups is 1. The molecule has 0 aliphatic heterocycles. The van der Waals surface area contributed by atoms with Crippen molar-refractivity contribution in [1.82, 2.24) is 5.32 Å². The van der Waals surface area contributed by atoms with Gasteiger partial charge in [-0.1, -0.05) is 0 Å². The first-order valence-corrected chi connectivity index (χ1v) is 8.43. The Morgan fingerprint density at radius 2 is 2.17 bits per heavy atom. The zero-order chi connectivity index (χ0) is 16.5. The Hall–Kier alpha value is -1.99. The summed E-state index contributed by atoms with van der Waals surface area (Å²) in [5.74, 6) is 1.68. The summed E-state index contributed by atoms with van der Waals surface area (Å²) in [7, 11) is 0. The normalized spacial score (nSPS) is 10.5. The van der Waals surface area contributed by atoms with Crippen molar-refractivity contribution >= 4 is 23.5 Å². The molecule has 2 aromatic rings. The van der Waals surface area contributed by atoms with Crippen LogP contribution < -0.4 is 10.6 Å². The van der Waals surface area contributed by atoms with E-state index in [9.17, 15) is 9.18 Å². The number of carbonyl (C=O) groups excluding carboxylic acids is 1. The second kappa shape index (κ2) is 9.22. The number of amides is 2. The van der Waals surface area contributed by atoms with Crippen LogP contribution in [0.3, 0.4) is 0 Å². The highest BCUT2D eigenvalue weighted by Crippen LogP contribution is 2.25. The number of rotatable bonds is 8. The van der Waals surface area contributed by atoms with E-state index in [1.165, 1.54) is 18.4 Å². The highest BCUT2D eigenvalue weighted by Gasteiger charge is 2.09. The maximum atomic E-state index is 13.8. The molecule has 0 atom stereocenters. The topological polar surface area (TPSA) is 74.5 Å². The van der Waals surface area contributed by atoms with Gasteiger partial charge in [0.15, 0.2) is 0 Å². The molecule has 3 N–H and O–H groups in total. The molecule has 0 aliphatic rings. The number of urea groups is 1. The van der Waals surface area contributed by atoms with Crippen LogP contribution in [-0.2, 0) is 0 Å². The summed E-state index contributed by atoms with van der Waals surface area (Å²) >= 11 is 1.64. The minimum absolute atomic E-state index is 0.101. The first kappa shape index (κ1) is 17.4. The van der Waals surface area contributed by atoms with E-state index < -0.39 is 11.8 Å². The molecule has 0 spiro atoms. The predicted octanol–water partition coefficient (Wildman–Crippen LogP) is 3.32. The molecule has 1 aromatic heterocycles. The smallest absolute Gasteiger partial charge is 0.319 e. The first-order valence-electron chi connectivity index (χ1n) is 7.27. The zero-order valence-corrected chi connectivity index (χ0v) is 13.4. The van der Waals surface area contributed by atoms with E-state index in [0.29, 0.717) is 17.9 Å². The molecule has 0 saturated carbocycles.